The van der Waals surface area contributed by atoms with E-state index in [9.17, 15) is 0 Å². The van der Waals surface area contributed by atoms with Gasteiger partial charge in [-0.2, -0.15) is 11.8 Å². The minimum Gasteiger partial charge on any atom is -0.305 e. The third-order valence-electron chi connectivity index (χ3n) is 3.49. The minimum absolute atomic E-state index is 0.230. The first-order valence-electron chi connectivity index (χ1n) is 5.58. The van der Waals surface area contributed by atoms with E-state index in [1.807, 2.05) is 0 Å². The fourth-order valence-electron chi connectivity index (χ4n) is 2.43. The normalized spacial score (nSPS) is 43.0. The van der Waals surface area contributed by atoms with E-state index >= 15 is 0 Å². The highest BCUT2D eigenvalue weighted by Gasteiger charge is 2.41. The summed E-state index contributed by atoms with van der Waals surface area (Å²) in [7, 11) is 0. The largest absolute Gasteiger partial charge is 0.305 e. The average molecular weight is 212 g/mol. The summed E-state index contributed by atoms with van der Waals surface area (Å²) in [6.07, 6.45) is 5.93. The molecule has 0 aromatic carbocycles. The van der Waals surface area contributed by atoms with Crippen LogP contribution in [0.15, 0.2) is 4.99 Å². The predicted molar refractivity (Wildman–Crippen MR) is 64.5 cm³/mol. The van der Waals surface area contributed by atoms with Gasteiger partial charge in [0.25, 0.3) is 0 Å². The molecule has 0 aromatic rings. The Kier molecular flexibility index (Phi) is 2.89. The van der Waals surface area contributed by atoms with Crippen molar-refractivity contribution in [1.29, 1.82) is 0 Å². The number of hydrogen-bond donors (Lipinski definition) is 1. The van der Waals surface area contributed by atoms with Gasteiger partial charge in [0.1, 0.15) is 0 Å². The van der Waals surface area contributed by atoms with Gasteiger partial charge in [0.05, 0.1) is 12.1 Å². The van der Waals surface area contributed by atoms with E-state index in [1.165, 1.54) is 25.0 Å². The summed E-state index contributed by atoms with van der Waals surface area (Å²) in [6, 6.07) is 0. The van der Waals surface area contributed by atoms with Crippen molar-refractivity contribution >= 4 is 18.0 Å². The van der Waals surface area contributed by atoms with Crippen LogP contribution in [0, 0.1) is 0 Å². The van der Waals surface area contributed by atoms with Crippen molar-refractivity contribution in [3.63, 3.8) is 0 Å². The van der Waals surface area contributed by atoms with E-state index in [-0.39, 0.29) is 5.54 Å². The van der Waals surface area contributed by atoms with Crippen molar-refractivity contribution in [2.75, 3.05) is 18.8 Å². The highest BCUT2D eigenvalue weighted by atomic mass is 32.2. The van der Waals surface area contributed by atoms with Gasteiger partial charge in [0.15, 0.2) is 0 Å². The minimum atomic E-state index is 0.230. The molecule has 14 heavy (non-hydrogen) atoms. The fourth-order valence-corrected chi connectivity index (χ4v) is 3.95. The summed E-state index contributed by atoms with van der Waals surface area (Å²) in [5, 5.41) is 3.66. The number of rotatable bonds is 1. The average Bonchev–Trinajstić information content (AvgIpc) is 2.19. The Hall–Kier alpha value is -0.0200. The maximum atomic E-state index is 4.46. The van der Waals surface area contributed by atoms with Crippen molar-refractivity contribution in [3.8, 4) is 0 Å². The molecule has 2 nitrogen and oxygen atoms in total. The van der Waals surface area contributed by atoms with Crippen LogP contribution in [0.5, 0.6) is 0 Å². The van der Waals surface area contributed by atoms with Crippen LogP contribution in [0.2, 0.25) is 0 Å². The highest BCUT2D eigenvalue weighted by molar-refractivity contribution is 8.00. The van der Waals surface area contributed by atoms with Gasteiger partial charge in [0, 0.05) is 17.5 Å². The van der Waals surface area contributed by atoms with Crippen LogP contribution in [0.4, 0.5) is 0 Å². The second-order valence-electron chi connectivity index (χ2n) is 4.70. The zero-order valence-electron chi connectivity index (χ0n) is 9.18. The second-order valence-corrected chi connectivity index (χ2v) is 6.38. The highest BCUT2D eigenvalue weighted by Crippen LogP contribution is 2.42. The van der Waals surface area contributed by atoms with Crippen molar-refractivity contribution in [2.24, 2.45) is 4.99 Å². The van der Waals surface area contributed by atoms with Gasteiger partial charge in [0.2, 0.25) is 0 Å². The predicted octanol–water partition coefficient (Wildman–Crippen LogP) is 2.09. The molecule has 3 heteroatoms. The SMILES string of the molecule is CCC1(C)CC2(C=NCCN2)CCS1. The summed E-state index contributed by atoms with van der Waals surface area (Å²) >= 11 is 2.13. The van der Waals surface area contributed by atoms with Crippen LogP contribution in [0.3, 0.4) is 0 Å². The van der Waals surface area contributed by atoms with E-state index in [4.69, 9.17) is 0 Å². The molecule has 0 saturated carbocycles. The van der Waals surface area contributed by atoms with Gasteiger partial charge in [-0.1, -0.05) is 13.8 Å². The van der Waals surface area contributed by atoms with E-state index < -0.39 is 0 Å². The van der Waals surface area contributed by atoms with Crippen LogP contribution in [-0.2, 0) is 0 Å². The molecular formula is C11H20N2S. The van der Waals surface area contributed by atoms with Crippen molar-refractivity contribution in [2.45, 2.75) is 43.4 Å². The molecule has 0 bridgehead atoms. The topological polar surface area (TPSA) is 24.4 Å². The van der Waals surface area contributed by atoms with Gasteiger partial charge in [-0.25, -0.2) is 0 Å². The smallest absolute Gasteiger partial charge is 0.0555 e. The number of nitrogens with one attached hydrogen (secondary N) is 1. The van der Waals surface area contributed by atoms with Crippen LogP contribution >= 0.6 is 11.8 Å². The van der Waals surface area contributed by atoms with Gasteiger partial charge in [-0.15, -0.1) is 0 Å². The standard InChI is InChI=1S/C11H20N2S/c1-3-10(2)8-11(4-7-14-10)9-12-5-6-13-11/h9,13H,3-8H2,1-2H3. The Morgan fingerprint density at radius 2 is 2.43 bits per heavy atom. The van der Waals surface area contributed by atoms with Crippen LogP contribution in [-0.4, -0.2) is 35.3 Å². The molecule has 2 rings (SSSR count). The Labute approximate surface area is 90.9 Å². The van der Waals surface area contributed by atoms with Gasteiger partial charge < -0.3 is 5.32 Å². The Balaban J connectivity index is 2.12. The van der Waals surface area contributed by atoms with Gasteiger partial charge in [-0.3, -0.25) is 4.99 Å². The molecule has 0 radical (unpaired) electrons. The van der Waals surface area contributed by atoms with E-state index in [2.05, 4.69) is 42.1 Å². The molecule has 0 aromatic heterocycles. The van der Waals surface area contributed by atoms with Gasteiger partial charge in [-0.05, 0) is 25.0 Å². The molecule has 2 aliphatic heterocycles. The third-order valence-corrected chi connectivity index (χ3v) is 5.03. The number of nitrogens with zero attached hydrogens (tertiary/aromatic N) is 1. The van der Waals surface area contributed by atoms with Crippen molar-refractivity contribution < 1.29 is 0 Å². The molecule has 2 unspecified atom stereocenters. The second kappa shape index (κ2) is 3.86. The summed E-state index contributed by atoms with van der Waals surface area (Å²) in [5.74, 6) is 1.27. The third kappa shape index (κ3) is 1.98. The van der Waals surface area contributed by atoms with Crippen molar-refractivity contribution in [3.05, 3.63) is 0 Å². The molecule has 1 fully saturated rings. The fraction of sp³-hybridized carbons (Fsp3) is 0.909. The quantitative estimate of drug-likeness (QED) is 0.720. The van der Waals surface area contributed by atoms with E-state index in [0.29, 0.717) is 4.75 Å². The lowest BCUT2D eigenvalue weighted by atomic mass is 9.83. The van der Waals surface area contributed by atoms with Crippen molar-refractivity contribution in [1.82, 2.24) is 5.32 Å². The summed E-state index contributed by atoms with van der Waals surface area (Å²) < 4.78 is 0.453. The molecule has 2 atom stereocenters. The zero-order valence-corrected chi connectivity index (χ0v) is 9.99. The Morgan fingerprint density at radius 3 is 3.07 bits per heavy atom. The molecule has 2 heterocycles. The lowest BCUT2D eigenvalue weighted by Gasteiger charge is -2.45. The van der Waals surface area contributed by atoms with E-state index in [0.717, 1.165) is 13.1 Å². The summed E-state index contributed by atoms with van der Waals surface area (Å²) in [6.45, 7) is 6.70. The maximum absolute atomic E-state index is 4.46. The zero-order chi connectivity index (χ0) is 10.1. The number of aliphatic imine (C=N–C) groups is 1. The van der Waals surface area contributed by atoms with E-state index in [1.54, 1.807) is 0 Å². The first kappa shape index (κ1) is 10.5. The molecule has 2 aliphatic rings. The first-order chi connectivity index (χ1) is 6.68. The monoisotopic (exact) mass is 212 g/mol. The van der Waals surface area contributed by atoms with Crippen LogP contribution in [0.25, 0.3) is 0 Å². The Bertz CT molecular complexity index is 241. The lowest BCUT2D eigenvalue weighted by Crippen LogP contribution is -2.56. The molecular weight excluding hydrogens is 192 g/mol. The number of hydrogen-bond acceptors (Lipinski definition) is 3. The molecule has 0 amide bonds. The lowest BCUT2D eigenvalue weighted by molar-refractivity contribution is 0.336. The summed E-state index contributed by atoms with van der Waals surface area (Å²) in [5.41, 5.74) is 0.230. The molecule has 1 spiro atoms. The first-order valence-corrected chi connectivity index (χ1v) is 6.57. The summed E-state index contributed by atoms with van der Waals surface area (Å²) in [4.78, 5) is 4.46. The van der Waals surface area contributed by atoms with Gasteiger partial charge >= 0.3 is 0 Å². The van der Waals surface area contributed by atoms with Crippen LogP contribution in [0.1, 0.15) is 33.1 Å². The molecule has 80 valence electrons. The van der Waals surface area contributed by atoms with Crippen LogP contribution < -0.4 is 5.32 Å². The maximum Gasteiger partial charge on any atom is 0.0555 e. The number of thioether (sulfide) groups is 1. The molecule has 1 saturated heterocycles. The molecule has 0 aliphatic carbocycles. The Morgan fingerprint density at radius 1 is 1.57 bits per heavy atom. The molecule has 1 N–H and O–H groups in total.